The van der Waals surface area contributed by atoms with E-state index < -0.39 is 0 Å². The second kappa shape index (κ2) is 7.14. The molecule has 1 fully saturated rings. The zero-order valence-electron chi connectivity index (χ0n) is 12.1. The van der Waals surface area contributed by atoms with Gasteiger partial charge < -0.3 is 21.3 Å². The number of rotatable bonds is 5. The number of nitrogens with one attached hydrogen (secondary N) is 2. The second-order valence-electron chi connectivity index (χ2n) is 5.57. The molecule has 1 atom stereocenters. The molecule has 0 aliphatic carbocycles. The Bertz CT molecular complexity index is 426. The largest absolute Gasteiger partial charge is 0.399 e. The Labute approximate surface area is 120 Å². The Morgan fingerprint density at radius 1 is 1.30 bits per heavy atom. The van der Waals surface area contributed by atoms with Crippen LogP contribution in [0.2, 0.25) is 0 Å². The van der Waals surface area contributed by atoms with Crippen molar-refractivity contribution in [3.8, 4) is 0 Å². The maximum atomic E-state index is 11.8. The van der Waals surface area contributed by atoms with E-state index in [2.05, 4.69) is 22.5 Å². The van der Waals surface area contributed by atoms with E-state index >= 15 is 0 Å². The van der Waals surface area contributed by atoms with Gasteiger partial charge in [-0.3, -0.25) is 0 Å². The van der Waals surface area contributed by atoms with Gasteiger partial charge in [0.25, 0.3) is 0 Å². The van der Waals surface area contributed by atoms with E-state index in [-0.39, 0.29) is 6.03 Å². The van der Waals surface area contributed by atoms with Gasteiger partial charge in [0, 0.05) is 24.5 Å². The molecule has 0 saturated carbocycles. The summed E-state index contributed by atoms with van der Waals surface area (Å²) in [6.07, 6.45) is 2.61. The third-order valence-corrected chi connectivity index (χ3v) is 3.55. The van der Waals surface area contributed by atoms with Crippen LogP contribution in [0.1, 0.15) is 19.8 Å². The van der Waals surface area contributed by atoms with Gasteiger partial charge in [0.05, 0.1) is 0 Å². The van der Waals surface area contributed by atoms with E-state index in [1.54, 1.807) is 24.3 Å². The van der Waals surface area contributed by atoms with Crippen molar-refractivity contribution >= 4 is 17.4 Å². The maximum absolute atomic E-state index is 11.8. The van der Waals surface area contributed by atoms with Gasteiger partial charge >= 0.3 is 6.03 Å². The van der Waals surface area contributed by atoms with E-state index in [0.29, 0.717) is 18.2 Å². The predicted octanol–water partition coefficient (Wildman–Crippen LogP) is 2.12. The molecule has 1 saturated heterocycles. The monoisotopic (exact) mass is 276 g/mol. The summed E-state index contributed by atoms with van der Waals surface area (Å²) in [5, 5.41) is 5.71. The number of amides is 2. The van der Waals surface area contributed by atoms with Gasteiger partial charge in [-0.15, -0.1) is 0 Å². The highest BCUT2D eigenvalue weighted by molar-refractivity contribution is 5.89. The number of nitrogens with two attached hydrogens (primary N) is 1. The van der Waals surface area contributed by atoms with Gasteiger partial charge in [0.15, 0.2) is 0 Å². The number of urea groups is 1. The molecule has 0 spiro atoms. The Hall–Kier alpha value is -1.75. The molecule has 0 aromatic heterocycles. The molecule has 1 aromatic rings. The summed E-state index contributed by atoms with van der Waals surface area (Å²) < 4.78 is 0. The number of carbonyl (C=O) groups is 1. The minimum atomic E-state index is -0.164. The van der Waals surface area contributed by atoms with Crippen LogP contribution in [0.15, 0.2) is 24.3 Å². The molecule has 0 bridgehead atoms. The minimum absolute atomic E-state index is 0.164. The highest BCUT2D eigenvalue weighted by Gasteiger charge is 2.15. The Balaban J connectivity index is 1.67. The van der Waals surface area contributed by atoms with E-state index in [1.165, 1.54) is 25.9 Å². The first-order valence-corrected chi connectivity index (χ1v) is 7.26. The fourth-order valence-corrected chi connectivity index (χ4v) is 2.48. The third-order valence-electron chi connectivity index (χ3n) is 3.55. The van der Waals surface area contributed by atoms with Gasteiger partial charge in [0.1, 0.15) is 0 Å². The third kappa shape index (κ3) is 4.74. The molecule has 2 amide bonds. The van der Waals surface area contributed by atoms with Crippen molar-refractivity contribution in [3.63, 3.8) is 0 Å². The topological polar surface area (TPSA) is 70.4 Å². The highest BCUT2D eigenvalue weighted by atomic mass is 16.2. The summed E-state index contributed by atoms with van der Waals surface area (Å²) in [5.74, 6) is 0.463. The van der Waals surface area contributed by atoms with Crippen LogP contribution in [-0.4, -0.2) is 37.1 Å². The SMILES string of the molecule is CC(CNC(=O)Nc1ccc(N)cc1)CN1CCCC1. The fraction of sp³-hybridized carbons (Fsp3) is 0.533. The molecular formula is C15H24N4O. The summed E-state index contributed by atoms with van der Waals surface area (Å²) in [7, 11) is 0. The van der Waals surface area contributed by atoms with Gasteiger partial charge in [-0.25, -0.2) is 4.79 Å². The van der Waals surface area contributed by atoms with Gasteiger partial charge in [-0.1, -0.05) is 6.92 Å². The quantitative estimate of drug-likeness (QED) is 0.721. The van der Waals surface area contributed by atoms with Crippen molar-refractivity contribution in [2.75, 3.05) is 37.2 Å². The smallest absolute Gasteiger partial charge is 0.319 e. The lowest BCUT2D eigenvalue weighted by Crippen LogP contribution is -2.36. The van der Waals surface area contributed by atoms with E-state index in [0.717, 1.165) is 12.2 Å². The van der Waals surface area contributed by atoms with Crippen molar-refractivity contribution in [2.45, 2.75) is 19.8 Å². The molecule has 0 radical (unpaired) electrons. The Kier molecular flexibility index (Phi) is 5.24. The minimum Gasteiger partial charge on any atom is -0.399 e. The summed E-state index contributed by atoms with van der Waals surface area (Å²) in [4.78, 5) is 14.2. The molecular weight excluding hydrogens is 252 g/mol. The summed E-state index contributed by atoms with van der Waals surface area (Å²) in [5.41, 5.74) is 7.04. The lowest BCUT2D eigenvalue weighted by atomic mass is 10.1. The number of nitrogen functional groups attached to an aromatic ring is 1. The predicted molar refractivity (Wildman–Crippen MR) is 82.7 cm³/mol. The number of hydrogen-bond acceptors (Lipinski definition) is 3. The van der Waals surface area contributed by atoms with Crippen LogP contribution < -0.4 is 16.4 Å². The number of anilines is 2. The van der Waals surface area contributed by atoms with Crippen LogP contribution >= 0.6 is 0 Å². The number of hydrogen-bond donors (Lipinski definition) is 3. The Morgan fingerprint density at radius 3 is 2.60 bits per heavy atom. The molecule has 5 heteroatoms. The van der Waals surface area contributed by atoms with Crippen LogP contribution in [-0.2, 0) is 0 Å². The summed E-state index contributed by atoms with van der Waals surface area (Å²) in [6.45, 7) is 6.31. The molecule has 2 rings (SSSR count). The first-order chi connectivity index (χ1) is 9.63. The first kappa shape index (κ1) is 14.7. The lowest BCUT2D eigenvalue weighted by Gasteiger charge is -2.20. The molecule has 110 valence electrons. The lowest BCUT2D eigenvalue weighted by molar-refractivity contribution is 0.245. The molecule has 1 unspecified atom stereocenters. The van der Waals surface area contributed by atoms with Gasteiger partial charge in [-0.2, -0.15) is 0 Å². The van der Waals surface area contributed by atoms with Crippen molar-refractivity contribution in [2.24, 2.45) is 5.92 Å². The number of carbonyl (C=O) groups excluding carboxylic acids is 1. The maximum Gasteiger partial charge on any atom is 0.319 e. The zero-order valence-corrected chi connectivity index (χ0v) is 12.1. The first-order valence-electron chi connectivity index (χ1n) is 7.26. The molecule has 5 nitrogen and oxygen atoms in total. The van der Waals surface area contributed by atoms with Crippen LogP contribution in [0.4, 0.5) is 16.2 Å². The summed E-state index contributed by atoms with van der Waals surface area (Å²) in [6, 6.07) is 6.96. The summed E-state index contributed by atoms with van der Waals surface area (Å²) >= 11 is 0. The molecule has 1 aromatic carbocycles. The van der Waals surface area contributed by atoms with Crippen molar-refractivity contribution in [1.29, 1.82) is 0 Å². The fourth-order valence-electron chi connectivity index (χ4n) is 2.48. The normalized spacial score (nSPS) is 16.9. The molecule has 20 heavy (non-hydrogen) atoms. The molecule has 1 aliphatic rings. The molecule has 1 aliphatic heterocycles. The van der Waals surface area contributed by atoms with Crippen LogP contribution in [0.5, 0.6) is 0 Å². The molecule has 4 N–H and O–H groups in total. The zero-order chi connectivity index (χ0) is 14.4. The van der Waals surface area contributed by atoms with Crippen molar-refractivity contribution < 1.29 is 4.79 Å². The Morgan fingerprint density at radius 2 is 1.95 bits per heavy atom. The number of nitrogens with zero attached hydrogens (tertiary/aromatic N) is 1. The number of benzene rings is 1. The van der Waals surface area contributed by atoms with E-state index in [4.69, 9.17) is 5.73 Å². The standard InChI is InChI=1S/C15H24N4O/c1-12(11-19-8-2-3-9-19)10-17-15(20)18-14-6-4-13(16)5-7-14/h4-7,12H,2-3,8-11,16H2,1H3,(H2,17,18,20). The van der Waals surface area contributed by atoms with Crippen LogP contribution in [0.25, 0.3) is 0 Å². The van der Waals surface area contributed by atoms with Crippen molar-refractivity contribution in [3.05, 3.63) is 24.3 Å². The van der Waals surface area contributed by atoms with E-state index in [1.807, 2.05) is 0 Å². The molecule has 1 heterocycles. The van der Waals surface area contributed by atoms with Gasteiger partial charge in [-0.05, 0) is 56.1 Å². The van der Waals surface area contributed by atoms with Crippen LogP contribution in [0, 0.1) is 5.92 Å². The van der Waals surface area contributed by atoms with Crippen LogP contribution in [0.3, 0.4) is 0 Å². The second-order valence-corrected chi connectivity index (χ2v) is 5.57. The highest BCUT2D eigenvalue weighted by Crippen LogP contribution is 2.11. The van der Waals surface area contributed by atoms with Crippen molar-refractivity contribution in [1.82, 2.24) is 10.2 Å². The van der Waals surface area contributed by atoms with E-state index in [9.17, 15) is 4.79 Å². The average Bonchev–Trinajstić information content (AvgIpc) is 2.92. The average molecular weight is 276 g/mol. The van der Waals surface area contributed by atoms with Gasteiger partial charge in [0.2, 0.25) is 0 Å². The number of likely N-dealkylation sites (tertiary alicyclic amines) is 1.